The van der Waals surface area contributed by atoms with Crippen molar-refractivity contribution in [2.24, 2.45) is 0 Å². The largest absolute Gasteiger partial charge is 0.359 e. The van der Waals surface area contributed by atoms with Crippen LogP contribution in [0, 0.1) is 13.8 Å². The van der Waals surface area contributed by atoms with Gasteiger partial charge in [0.2, 0.25) is 0 Å². The summed E-state index contributed by atoms with van der Waals surface area (Å²) in [5, 5.41) is 9.28. The maximum Gasteiger partial charge on any atom is 0.319 e. The summed E-state index contributed by atoms with van der Waals surface area (Å²) >= 11 is 3.36. The number of aromatic nitrogens is 1. The zero-order valence-corrected chi connectivity index (χ0v) is 12.2. The molecular formula is C13H14BrN3O2. The van der Waals surface area contributed by atoms with Gasteiger partial charge in [0.05, 0.1) is 0 Å². The van der Waals surface area contributed by atoms with Crippen LogP contribution in [0.4, 0.5) is 10.5 Å². The number of nitrogens with one attached hydrogen (secondary N) is 2. The first-order valence-electron chi connectivity index (χ1n) is 5.78. The highest BCUT2D eigenvalue weighted by Gasteiger charge is 2.11. The topological polar surface area (TPSA) is 67.2 Å². The number of hydrogen-bond acceptors (Lipinski definition) is 3. The van der Waals surface area contributed by atoms with Gasteiger partial charge in [0, 0.05) is 11.0 Å². The van der Waals surface area contributed by atoms with Crippen LogP contribution in [0.3, 0.4) is 0 Å². The molecular weight excluding hydrogens is 310 g/mol. The summed E-state index contributed by atoms with van der Waals surface area (Å²) in [7, 11) is 0. The van der Waals surface area contributed by atoms with Crippen molar-refractivity contribution in [1.29, 1.82) is 0 Å². The van der Waals surface area contributed by atoms with E-state index in [1.54, 1.807) is 13.8 Å². The Labute approximate surface area is 119 Å². The standard InChI is InChI=1S/C13H14BrN3O2/c1-8-12(9(2)19-17-8)16-13(18)15-7-10-3-5-11(14)6-4-10/h3-6H,7H2,1-2H3,(H2,15,16,18). The molecule has 0 atom stereocenters. The fraction of sp³-hybridized carbons (Fsp3) is 0.231. The van der Waals surface area contributed by atoms with Crippen LogP contribution >= 0.6 is 15.9 Å². The molecule has 0 bridgehead atoms. The highest BCUT2D eigenvalue weighted by molar-refractivity contribution is 9.10. The lowest BCUT2D eigenvalue weighted by Gasteiger charge is -2.07. The van der Waals surface area contributed by atoms with Crippen LogP contribution in [-0.4, -0.2) is 11.2 Å². The highest BCUT2D eigenvalue weighted by Crippen LogP contribution is 2.18. The number of aryl methyl sites for hydroxylation is 2. The van der Waals surface area contributed by atoms with Crippen LogP contribution in [0.25, 0.3) is 0 Å². The molecule has 19 heavy (non-hydrogen) atoms. The maximum atomic E-state index is 11.8. The van der Waals surface area contributed by atoms with E-state index in [-0.39, 0.29) is 6.03 Å². The predicted molar refractivity (Wildman–Crippen MR) is 76.0 cm³/mol. The number of amides is 2. The Balaban J connectivity index is 1.90. The van der Waals surface area contributed by atoms with Crippen LogP contribution in [0.1, 0.15) is 17.0 Å². The zero-order valence-electron chi connectivity index (χ0n) is 10.7. The summed E-state index contributed by atoms with van der Waals surface area (Å²) in [4.78, 5) is 11.8. The molecule has 2 N–H and O–H groups in total. The molecule has 0 aliphatic carbocycles. The fourth-order valence-corrected chi connectivity index (χ4v) is 1.87. The van der Waals surface area contributed by atoms with E-state index < -0.39 is 0 Å². The molecule has 1 aromatic carbocycles. The second-order valence-electron chi connectivity index (χ2n) is 4.13. The first-order valence-corrected chi connectivity index (χ1v) is 6.57. The summed E-state index contributed by atoms with van der Waals surface area (Å²) in [6.45, 7) is 3.99. The van der Waals surface area contributed by atoms with Crippen molar-refractivity contribution in [3.63, 3.8) is 0 Å². The van der Waals surface area contributed by atoms with Gasteiger partial charge in [0.25, 0.3) is 0 Å². The molecule has 0 aliphatic heterocycles. The average Bonchev–Trinajstić information content (AvgIpc) is 2.70. The van der Waals surface area contributed by atoms with Gasteiger partial charge in [-0.1, -0.05) is 33.2 Å². The van der Waals surface area contributed by atoms with Crippen molar-refractivity contribution in [3.05, 3.63) is 45.8 Å². The van der Waals surface area contributed by atoms with E-state index in [0.29, 0.717) is 23.7 Å². The molecule has 0 radical (unpaired) electrons. The van der Waals surface area contributed by atoms with Crippen molar-refractivity contribution < 1.29 is 9.32 Å². The third kappa shape index (κ3) is 3.57. The Hall–Kier alpha value is -1.82. The summed E-state index contributed by atoms with van der Waals surface area (Å²) in [6, 6.07) is 7.48. The van der Waals surface area contributed by atoms with Gasteiger partial charge in [0.15, 0.2) is 5.76 Å². The van der Waals surface area contributed by atoms with Crippen LogP contribution in [-0.2, 0) is 6.54 Å². The molecule has 0 saturated carbocycles. The molecule has 0 fully saturated rings. The Morgan fingerprint density at radius 3 is 2.58 bits per heavy atom. The molecule has 2 aromatic rings. The van der Waals surface area contributed by atoms with E-state index in [2.05, 4.69) is 31.7 Å². The van der Waals surface area contributed by atoms with Crippen LogP contribution in [0.2, 0.25) is 0 Å². The lowest BCUT2D eigenvalue weighted by atomic mass is 10.2. The van der Waals surface area contributed by atoms with Crippen molar-refractivity contribution in [1.82, 2.24) is 10.5 Å². The maximum absolute atomic E-state index is 11.8. The predicted octanol–water partition coefficient (Wildman–Crippen LogP) is 3.38. The quantitative estimate of drug-likeness (QED) is 0.909. The zero-order chi connectivity index (χ0) is 13.8. The molecule has 0 aliphatic rings. The van der Waals surface area contributed by atoms with E-state index >= 15 is 0 Å². The number of urea groups is 1. The number of anilines is 1. The normalized spacial score (nSPS) is 10.3. The Morgan fingerprint density at radius 1 is 1.32 bits per heavy atom. The molecule has 5 nitrogen and oxygen atoms in total. The first kappa shape index (κ1) is 13.6. The van der Waals surface area contributed by atoms with Crippen LogP contribution < -0.4 is 10.6 Å². The third-order valence-electron chi connectivity index (χ3n) is 2.64. The number of carbonyl (C=O) groups is 1. The van der Waals surface area contributed by atoms with E-state index in [0.717, 1.165) is 10.0 Å². The van der Waals surface area contributed by atoms with Gasteiger partial charge in [-0.3, -0.25) is 0 Å². The summed E-state index contributed by atoms with van der Waals surface area (Å²) < 4.78 is 5.98. The van der Waals surface area contributed by atoms with Gasteiger partial charge < -0.3 is 15.2 Å². The number of rotatable bonds is 3. The molecule has 2 amide bonds. The van der Waals surface area contributed by atoms with Crippen molar-refractivity contribution in [3.8, 4) is 0 Å². The smallest absolute Gasteiger partial charge is 0.319 e. The first-order chi connectivity index (χ1) is 9.06. The van der Waals surface area contributed by atoms with E-state index in [1.807, 2.05) is 24.3 Å². The summed E-state index contributed by atoms with van der Waals surface area (Å²) in [5.41, 5.74) is 2.31. The molecule has 1 aromatic heterocycles. The Kier molecular flexibility index (Phi) is 4.21. The molecule has 6 heteroatoms. The van der Waals surface area contributed by atoms with E-state index in [1.165, 1.54) is 0 Å². The van der Waals surface area contributed by atoms with Gasteiger partial charge in [-0.15, -0.1) is 0 Å². The van der Waals surface area contributed by atoms with Gasteiger partial charge in [-0.25, -0.2) is 4.79 Å². The minimum atomic E-state index is -0.280. The molecule has 0 unspecified atom stereocenters. The van der Waals surface area contributed by atoms with E-state index in [4.69, 9.17) is 4.52 Å². The van der Waals surface area contributed by atoms with E-state index in [9.17, 15) is 4.79 Å². The minimum absolute atomic E-state index is 0.280. The lowest BCUT2D eigenvalue weighted by molar-refractivity contribution is 0.251. The van der Waals surface area contributed by atoms with Crippen LogP contribution in [0.15, 0.2) is 33.3 Å². The number of nitrogens with zero attached hydrogens (tertiary/aromatic N) is 1. The second kappa shape index (κ2) is 5.88. The molecule has 0 spiro atoms. The summed E-state index contributed by atoms with van der Waals surface area (Å²) in [6.07, 6.45) is 0. The number of halogens is 1. The van der Waals surface area contributed by atoms with Crippen molar-refractivity contribution >= 4 is 27.6 Å². The molecule has 2 rings (SSSR count). The fourth-order valence-electron chi connectivity index (χ4n) is 1.60. The Bertz CT molecular complexity index is 559. The SMILES string of the molecule is Cc1noc(C)c1NC(=O)NCc1ccc(Br)cc1. The van der Waals surface area contributed by atoms with Gasteiger partial charge in [0.1, 0.15) is 11.4 Å². The molecule has 0 saturated heterocycles. The number of carbonyl (C=O) groups excluding carboxylic acids is 1. The number of hydrogen-bond donors (Lipinski definition) is 2. The second-order valence-corrected chi connectivity index (χ2v) is 5.05. The average molecular weight is 324 g/mol. The van der Waals surface area contributed by atoms with Crippen LogP contribution in [0.5, 0.6) is 0 Å². The van der Waals surface area contributed by atoms with Gasteiger partial charge in [-0.2, -0.15) is 0 Å². The highest BCUT2D eigenvalue weighted by atomic mass is 79.9. The monoisotopic (exact) mass is 323 g/mol. The Morgan fingerprint density at radius 2 is 2.00 bits per heavy atom. The minimum Gasteiger partial charge on any atom is -0.359 e. The lowest BCUT2D eigenvalue weighted by Crippen LogP contribution is -2.28. The number of benzene rings is 1. The van der Waals surface area contributed by atoms with Gasteiger partial charge in [-0.05, 0) is 31.5 Å². The summed E-state index contributed by atoms with van der Waals surface area (Å²) in [5.74, 6) is 0.594. The van der Waals surface area contributed by atoms with Crippen molar-refractivity contribution in [2.75, 3.05) is 5.32 Å². The van der Waals surface area contributed by atoms with Crippen molar-refractivity contribution in [2.45, 2.75) is 20.4 Å². The van der Waals surface area contributed by atoms with Gasteiger partial charge >= 0.3 is 6.03 Å². The molecule has 100 valence electrons. The third-order valence-corrected chi connectivity index (χ3v) is 3.17. The molecule has 1 heterocycles.